The molecule has 0 amide bonds. The zero-order valence-corrected chi connectivity index (χ0v) is 9.78. The van der Waals surface area contributed by atoms with E-state index in [1.807, 2.05) is 0 Å². The maximum Gasteiger partial charge on any atom is 0.416 e. The molecule has 17 heavy (non-hydrogen) atoms. The second-order valence-electron chi connectivity index (χ2n) is 3.22. The zero-order chi connectivity index (χ0) is 12.5. The van der Waals surface area contributed by atoms with Gasteiger partial charge in [0.1, 0.15) is 5.82 Å². The van der Waals surface area contributed by atoms with Crippen LogP contribution in [0.3, 0.4) is 0 Å². The first kappa shape index (κ1) is 16.4. The Bertz CT molecular complexity index is 365. The molecular weight excluding hydrogens is 285 g/mol. The van der Waals surface area contributed by atoms with Gasteiger partial charge in [0, 0.05) is 5.02 Å². The molecule has 0 unspecified atom stereocenters. The summed E-state index contributed by atoms with van der Waals surface area (Å²) in [7, 11) is 0. The highest BCUT2D eigenvalue weighted by atomic mass is 35.5. The average molecular weight is 294 g/mol. The molecule has 0 spiro atoms. The summed E-state index contributed by atoms with van der Waals surface area (Å²) in [4.78, 5) is 0. The van der Waals surface area contributed by atoms with Crippen molar-refractivity contribution in [1.82, 2.24) is 0 Å². The Hall–Kier alpha value is -0.560. The van der Waals surface area contributed by atoms with Crippen LogP contribution < -0.4 is 5.73 Å². The third-order valence-electron chi connectivity index (χ3n) is 1.95. The lowest BCUT2D eigenvalue weighted by molar-refractivity contribution is -0.210. The van der Waals surface area contributed by atoms with Gasteiger partial charge in [-0.15, -0.1) is 12.4 Å². The van der Waals surface area contributed by atoms with E-state index in [0.29, 0.717) is 0 Å². The fourth-order valence-electron chi connectivity index (χ4n) is 1.15. The number of hydrogen-bond donors (Lipinski definition) is 2. The van der Waals surface area contributed by atoms with Crippen LogP contribution in [0.2, 0.25) is 5.02 Å². The van der Waals surface area contributed by atoms with Crippen LogP contribution in [0.25, 0.3) is 0 Å². The van der Waals surface area contributed by atoms with E-state index in [-0.39, 0.29) is 23.0 Å². The Morgan fingerprint density at radius 1 is 1.24 bits per heavy atom. The van der Waals surface area contributed by atoms with Gasteiger partial charge in [0.05, 0.1) is 6.04 Å². The fourth-order valence-corrected chi connectivity index (χ4v) is 1.38. The normalized spacial score (nSPS) is 15.0. The summed E-state index contributed by atoms with van der Waals surface area (Å²) < 4.78 is 49.2. The highest BCUT2D eigenvalue weighted by Gasteiger charge is 2.42. The predicted octanol–water partition coefficient (Wildman–Crippen LogP) is 2.82. The minimum absolute atomic E-state index is 0. The summed E-state index contributed by atoms with van der Waals surface area (Å²) in [6.45, 7) is 0. The SMILES string of the molecule is Cl.N[C@H](c1cc(F)cc(Cl)c1)[C@@H](O)C(F)(F)F. The number of halogens is 6. The van der Waals surface area contributed by atoms with Crippen molar-refractivity contribution >= 4 is 24.0 Å². The Labute approximate surface area is 106 Å². The van der Waals surface area contributed by atoms with E-state index in [1.54, 1.807) is 0 Å². The second-order valence-corrected chi connectivity index (χ2v) is 3.65. The van der Waals surface area contributed by atoms with Crippen LogP contribution in [0, 0.1) is 5.82 Å². The lowest BCUT2D eigenvalue weighted by Crippen LogP contribution is -2.38. The second kappa shape index (κ2) is 5.86. The summed E-state index contributed by atoms with van der Waals surface area (Å²) >= 11 is 5.45. The molecule has 0 saturated carbocycles. The molecule has 2 nitrogen and oxygen atoms in total. The van der Waals surface area contributed by atoms with Crippen LogP contribution in [0.5, 0.6) is 0 Å². The van der Waals surface area contributed by atoms with Gasteiger partial charge < -0.3 is 10.8 Å². The van der Waals surface area contributed by atoms with E-state index in [0.717, 1.165) is 18.2 Å². The average Bonchev–Trinajstić information content (AvgIpc) is 2.12. The van der Waals surface area contributed by atoms with Gasteiger partial charge in [-0.1, -0.05) is 11.6 Å². The third-order valence-corrected chi connectivity index (χ3v) is 2.16. The van der Waals surface area contributed by atoms with Crippen LogP contribution in [-0.4, -0.2) is 17.4 Å². The molecule has 2 atom stereocenters. The Morgan fingerprint density at radius 3 is 2.18 bits per heavy atom. The Morgan fingerprint density at radius 2 is 1.76 bits per heavy atom. The molecule has 0 radical (unpaired) electrons. The summed E-state index contributed by atoms with van der Waals surface area (Å²) in [6.07, 6.45) is -7.62. The Kier molecular flexibility index (Phi) is 5.67. The summed E-state index contributed by atoms with van der Waals surface area (Å²) in [5.74, 6) is -0.813. The molecule has 0 aliphatic carbocycles. The van der Waals surface area contributed by atoms with Gasteiger partial charge in [-0.3, -0.25) is 0 Å². The van der Waals surface area contributed by atoms with Crippen molar-refractivity contribution in [2.45, 2.75) is 18.3 Å². The molecule has 0 fully saturated rings. The van der Waals surface area contributed by atoms with Crippen LogP contribution in [-0.2, 0) is 0 Å². The first-order valence-electron chi connectivity index (χ1n) is 4.18. The van der Waals surface area contributed by atoms with Crippen molar-refractivity contribution < 1.29 is 22.7 Å². The molecule has 0 bridgehead atoms. The van der Waals surface area contributed by atoms with Gasteiger partial charge >= 0.3 is 6.18 Å². The van der Waals surface area contributed by atoms with Crippen LogP contribution >= 0.6 is 24.0 Å². The van der Waals surface area contributed by atoms with Crippen LogP contribution in [0.4, 0.5) is 17.6 Å². The third kappa shape index (κ3) is 4.31. The van der Waals surface area contributed by atoms with Gasteiger partial charge in [-0.25, -0.2) is 4.39 Å². The minimum Gasteiger partial charge on any atom is -0.382 e. The highest BCUT2D eigenvalue weighted by molar-refractivity contribution is 6.30. The number of aliphatic hydroxyl groups excluding tert-OH is 1. The molecule has 0 aromatic heterocycles. The zero-order valence-electron chi connectivity index (χ0n) is 8.21. The maximum absolute atomic E-state index is 12.8. The summed E-state index contributed by atoms with van der Waals surface area (Å²) in [6, 6.07) is 1.03. The smallest absolute Gasteiger partial charge is 0.382 e. The molecule has 0 aliphatic rings. The van der Waals surface area contributed by atoms with Crippen molar-refractivity contribution in [2.24, 2.45) is 5.73 Å². The molecule has 1 rings (SSSR count). The number of aliphatic hydroxyl groups is 1. The largest absolute Gasteiger partial charge is 0.416 e. The molecule has 8 heteroatoms. The molecule has 1 aromatic carbocycles. The highest BCUT2D eigenvalue weighted by Crippen LogP contribution is 2.29. The molecule has 0 saturated heterocycles. The lowest BCUT2D eigenvalue weighted by Gasteiger charge is -2.21. The molecule has 0 aliphatic heterocycles. The first-order chi connectivity index (χ1) is 7.21. The van der Waals surface area contributed by atoms with Gasteiger partial charge in [-0.2, -0.15) is 13.2 Å². The fraction of sp³-hybridized carbons (Fsp3) is 0.333. The molecular formula is C9H9Cl2F4NO. The van der Waals surface area contributed by atoms with E-state index in [1.165, 1.54) is 0 Å². The van der Waals surface area contributed by atoms with Crippen LogP contribution in [0.15, 0.2) is 18.2 Å². The standard InChI is InChI=1S/C9H8ClF4NO.ClH/c10-5-1-4(2-6(11)3-5)7(15)8(16)9(12,13)14;/h1-3,7-8,16H,15H2;1H/t7-,8-;/m1./s1. The number of hydrogen-bond acceptors (Lipinski definition) is 2. The van der Waals surface area contributed by atoms with Gasteiger partial charge in [-0.05, 0) is 23.8 Å². The predicted molar refractivity (Wildman–Crippen MR) is 57.6 cm³/mol. The summed E-state index contributed by atoms with van der Waals surface area (Å²) in [5, 5.41) is 8.79. The van der Waals surface area contributed by atoms with Crippen LogP contribution in [0.1, 0.15) is 11.6 Å². The van der Waals surface area contributed by atoms with Crippen molar-refractivity contribution in [3.63, 3.8) is 0 Å². The van der Waals surface area contributed by atoms with E-state index < -0.39 is 24.1 Å². The van der Waals surface area contributed by atoms with Crippen molar-refractivity contribution in [3.05, 3.63) is 34.6 Å². The topological polar surface area (TPSA) is 46.2 Å². The van der Waals surface area contributed by atoms with E-state index in [9.17, 15) is 17.6 Å². The number of rotatable bonds is 2. The van der Waals surface area contributed by atoms with Crippen molar-refractivity contribution in [2.75, 3.05) is 0 Å². The van der Waals surface area contributed by atoms with Crippen molar-refractivity contribution in [1.29, 1.82) is 0 Å². The quantitative estimate of drug-likeness (QED) is 0.824. The number of alkyl halides is 3. The monoisotopic (exact) mass is 293 g/mol. The Balaban J connectivity index is 0.00000256. The minimum atomic E-state index is -4.86. The summed E-state index contributed by atoms with van der Waals surface area (Å²) in [5.41, 5.74) is 4.95. The number of nitrogens with two attached hydrogens (primary N) is 1. The maximum atomic E-state index is 12.8. The van der Waals surface area contributed by atoms with Gasteiger partial charge in [0.2, 0.25) is 0 Å². The lowest BCUT2D eigenvalue weighted by atomic mass is 10.0. The van der Waals surface area contributed by atoms with Crippen molar-refractivity contribution in [3.8, 4) is 0 Å². The molecule has 1 aromatic rings. The van der Waals surface area contributed by atoms with Gasteiger partial charge in [0.25, 0.3) is 0 Å². The van der Waals surface area contributed by atoms with E-state index in [4.69, 9.17) is 22.4 Å². The van der Waals surface area contributed by atoms with Gasteiger partial charge in [0.15, 0.2) is 6.10 Å². The van der Waals surface area contributed by atoms with E-state index in [2.05, 4.69) is 0 Å². The van der Waals surface area contributed by atoms with E-state index >= 15 is 0 Å². The molecule has 3 N–H and O–H groups in total. The molecule has 0 heterocycles. The molecule has 98 valence electrons. The number of benzene rings is 1. The first-order valence-corrected chi connectivity index (χ1v) is 4.56.